The maximum absolute atomic E-state index is 12.6. The summed E-state index contributed by atoms with van der Waals surface area (Å²) < 4.78 is 0. The van der Waals surface area contributed by atoms with Gasteiger partial charge in [-0.25, -0.2) is 4.98 Å². The first-order valence-electron chi connectivity index (χ1n) is 7.47. The first-order valence-corrected chi connectivity index (χ1v) is 7.84. The Kier molecular flexibility index (Phi) is 5.03. The van der Waals surface area contributed by atoms with E-state index in [0.29, 0.717) is 22.6 Å². The molecule has 2 unspecified atom stereocenters. The fourth-order valence-corrected chi connectivity index (χ4v) is 2.91. The van der Waals surface area contributed by atoms with Gasteiger partial charge in [-0.05, 0) is 36.8 Å². The largest absolute Gasteiger partial charge is 0.338 e. The number of pyridine rings is 1. The molecule has 1 aliphatic heterocycles. The van der Waals surface area contributed by atoms with Crippen molar-refractivity contribution in [2.75, 3.05) is 13.1 Å². The predicted octanol–water partition coefficient (Wildman–Crippen LogP) is 3.81. The van der Waals surface area contributed by atoms with Crippen LogP contribution in [0.4, 0.5) is 0 Å². The van der Waals surface area contributed by atoms with Gasteiger partial charge in [0.2, 0.25) is 0 Å². The molecule has 3 nitrogen and oxygen atoms in total. The van der Waals surface area contributed by atoms with Crippen molar-refractivity contribution in [2.24, 2.45) is 11.8 Å². The van der Waals surface area contributed by atoms with E-state index in [1.54, 1.807) is 6.07 Å². The minimum Gasteiger partial charge on any atom is -0.338 e. The van der Waals surface area contributed by atoms with Crippen molar-refractivity contribution in [3.05, 3.63) is 28.5 Å². The van der Waals surface area contributed by atoms with E-state index in [1.807, 2.05) is 11.0 Å². The van der Waals surface area contributed by atoms with Gasteiger partial charge in [0.1, 0.15) is 5.15 Å². The zero-order valence-electron chi connectivity index (χ0n) is 12.5. The lowest BCUT2D eigenvalue weighted by Gasteiger charge is -2.35. The number of rotatable bonds is 3. The van der Waals surface area contributed by atoms with Crippen LogP contribution < -0.4 is 0 Å². The Bertz CT molecular complexity index is 489. The second kappa shape index (κ2) is 6.57. The van der Waals surface area contributed by atoms with Gasteiger partial charge in [0, 0.05) is 24.3 Å². The summed E-state index contributed by atoms with van der Waals surface area (Å²) in [5.41, 5.74) is 1.58. The minimum atomic E-state index is 0.0883. The van der Waals surface area contributed by atoms with Crippen LogP contribution in [0.5, 0.6) is 0 Å². The highest BCUT2D eigenvalue weighted by Crippen LogP contribution is 2.24. The Labute approximate surface area is 126 Å². The number of piperidine rings is 1. The van der Waals surface area contributed by atoms with Crippen molar-refractivity contribution in [1.82, 2.24) is 9.88 Å². The number of aromatic nitrogens is 1. The van der Waals surface area contributed by atoms with Crippen molar-refractivity contribution in [3.63, 3.8) is 0 Å². The number of hydrogen-bond acceptors (Lipinski definition) is 2. The van der Waals surface area contributed by atoms with Crippen LogP contribution in [-0.2, 0) is 6.42 Å². The maximum atomic E-state index is 12.6. The summed E-state index contributed by atoms with van der Waals surface area (Å²) in [7, 11) is 0. The number of likely N-dealkylation sites (tertiary alicyclic amines) is 1. The Morgan fingerprint density at radius 3 is 2.80 bits per heavy atom. The Morgan fingerprint density at radius 2 is 2.15 bits per heavy atom. The summed E-state index contributed by atoms with van der Waals surface area (Å²) in [5, 5.41) is 0.415. The molecule has 1 saturated heterocycles. The number of nitrogens with zero attached hydrogens (tertiary/aromatic N) is 2. The van der Waals surface area contributed by atoms with Gasteiger partial charge in [-0.2, -0.15) is 0 Å². The highest BCUT2D eigenvalue weighted by molar-refractivity contribution is 6.29. The van der Waals surface area contributed by atoms with Gasteiger partial charge in [0.15, 0.2) is 0 Å². The van der Waals surface area contributed by atoms with Crippen molar-refractivity contribution in [2.45, 2.75) is 40.0 Å². The quantitative estimate of drug-likeness (QED) is 0.794. The lowest BCUT2D eigenvalue weighted by Crippen LogP contribution is -2.42. The van der Waals surface area contributed by atoms with E-state index >= 15 is 0 Å². The molecule has 1 aromatic rings. The van der Waals surface area contributed by atoms with Crippen molar-refractivity contribution in [1.29, 1.82) is 0 Å². The average molecular weight is 295 g/mol. The third-order valence-electron chi connectivity index (χ3n) is 4.22. The van der Waals surface area contributed by atoms with Crippen LogP contribution in [0, 0.1) is 11.8 Å². The first kappa shape index (κ1) is 15.3. The standard InChI is InChI=1S/C16H23ClN2O/c1-4-5-14-8-13(9-15(17)18-14)16(20)19-7-6-11(2)12(3)10-19/h8-9,11-12H,4-7,10H2,1-3H3. The summed E-state index contributed by atoms with van der Waals surface area (Å²) in [6, 6.07) is 3.58. The monoisotopic (exact) mass is 294 g/mol. The molecule has 1 fully saturated rings. The van der Waals surface area contributed by atoms with Crippen LogP contribution in [0.2, 0.25) is 5.15 Å². The van der Waals surface area contributed by atoms with E-state index in [-0.39, 0.29) is 5.91 Å². The first-order chi connectivity index (χ1) is 9.51. The van der Waals surface area contributed by atoms with Crippen LogP contribution in [0.3, 0.4) is 0 Å². The molecule has 1 aromatic heterocycles. The molecule has 0 aromatic carbocycles. The number of halogens is 1. The van der Waals surface area contributed by atoms with Crippen molar-refractivity contribution < 1.29 is 4.79 Å². The molecule has 4 heteroatoms. The fourth-order valence-electron chi connectivity index (χ4n) is 2.69. The van der Waals surface area contributed by atoms with E-state index in [2.05, 4.69) is 25.8 Å². The normalized spacial score (nSPS) is 22.9. The van der Waals surface area contributed by atoms with Crippen molar-refractivity contribution in [3.8, 4) is 0 Å². The molecule has 1 aliphatic rings. The highest BCUT2D eigenvalue weighted by Gasteiger charge is 2.26. The Morgan fingerprint density at radius 1 is 1.40 bits per heavy atom. The average Bonchev–Trinajstić information content (AvgIpc) is 2.41. The number of carbonyl (C=O) groups is 1. The van der Waals surface area contributed by atoms with Gasteiger partial charge in [0.05, 0.1) is 0 Å². The summed E-state index contributed by atoms with van der Waals surface area (Å²) in [5.74, 6) is 1.33. The second-order valence-electron chi connectivity index (χ2n) is 5.91. The van der Waals surface area contributed by atoms with E-state index in [0.717, 1.165) is 38.0 Å². The number of carbonyl (C=O) groups excluding carboxylic acids is 1. The molecule has 0 aliphatic carbocycles. The third-order valence-corrected chi connectivity index (χ3v) is 4.42. The predicted molar refractivity (Wildman–Crippen MR) is 82.1 cm³/mol. The smallest absolute Gasteiger partial charge is 0.254 e. The topological polar surface area (TPSA) is 33.2 Å². The molecule has 0 spiro atoms. The Hall–Kier alpha value is -1.09. The second-order valence-corrected chi connectivity index (χ2v) is 6.30. The van der Waals surface area contributed by atoms with Gasteiger partial charge < -0.3 is 4.90 Å². The molecule has 20 heavy (non-hydrogen) atoms. The molecule has 2 heterocycles. The molecule has 0 N–H and O–H groups in total. The SMILES string of the molecule is CCCc1cc(C(=O)N2CCC(C)C(C)C2)cc(Cl)n1. The van der Waals surface area contributed by atoms with E-state index in [9.17, 15) is 4.79 Å². The Balaban J connectivity index is 2.16. The minimum absolute atomic E-state index is 0.0883. The molecule has 110 valence electrons. The van der Waals surface area contributed by atoms with E-state index in [1.165, 1.54) is 0 Å². The molecule has 2 atom stereocenters. The van der Waals surface area contributed by atoms with Gasteiger partial charge in [-0.1, -0.05) is 38.8 Å². The van der Waals surface area contributed by atoms with Gasteiger partial charge in [-0.15, -0.1) is 0 Å². The summed E-state index contributed by atoms with van der Waals surface area (Å²) in [4.78, 5) is 18.8. The molecule has 0 radical (unpaired) electrons. The van der Waals surface area contributed by atoms with Crippen LogP contribution in [-0.4, -0.2) is 28.9 Å². The zero-order valence-corrected chi connectivity index (χ0v) is 13.3. The van der Waals surface area contributed by atoms with Gasteiger partial charge >= 0.3 is 0 Å². The van der Waals surface area contributed by atoms with Crippen LogP contribution >= 0.6 is 11.6 Å². The fraction of sp³-hybridized carbons (Fsp3) is 0.625. The number of hydrogen-bond donors (Lipinski definition) is 0. The lowest BCUT2D eigenvalue weighted by atomic mass is 9.88. The van der Waals surface area contributed by atoms with E-state index < -0.39 is 0 Å². The summed E-state index contributed by atoms with van der Waals surface area (Å²) in [6.07, 6.45) is 2.93. The molecule has 0 bridgehead atoms. The van der Waals surface area contributed by atoms with Crippen LogP contribution in [0.15, 0.2) is 12.1 Å². The third kappa shape index (κ3) is 3.51. The van der Waals surface area contributed by atoms with Gasteiger partial charge in [-0.3, -0.25) is 4.79 Å². The molecule has 0 saturated carbocycles. The highest BCUT2D eigenvalue weighted by atomic mass is 35.5. The van der Waals surface area contributed by atoms with Crippen LogP contribution in [0.25, 0.3) is 0 Å². The van der Waals surface area contributed by atoms with E-state index in [4.69, 9.17) is 11.6 Å². The maximum Gasteiger partial charge on any atom is 0.254 e. The lowest BCUT2D eigenvalue weighted by molar-refractivity contribution is 0.0627. The number of amides is 1. The van der Waals surface area contributed by atoms with Crippen molar-refractivity contribution >= 4 is 17.5 Å². The van der Waals surface area contributed by atoms with Crippen LogP contribution in [0.1, 0.15) is 49.7 Å². The number of aryl methyl sites for hydroxylation is 1. The molecule has 1 amide bonds. The molecule has 2 rings (SSSR count). The molecular weight excluding hydrogens is 272 g/mol. The van der Waals surface area contributed by atoms with Gasteiger partial charge in [0.25, 0.3) is 5.91 Å². The zero-order chi connectivity index (χ0) is 14.7. The summed E-state index contributed by atoms with van der Waals surface area (Å²) in [6.45, 7) is 8.25. The molecular formula is C16H23ClN2O. The summed E-state index contributed by atoms with van der Waals surface area (Å²) >= 11 is 6.04.